The zero-order chi connectivity index (χ0) is 25.4. The second kappa shape index (κ2) is 10.2. The number of ether oxygens (including phenoxy) is 3. The van der Waals surface area contributed by atoms with Crippen molar-refractivity contribution < 1.29 is 19.0 Å². The smallest absolute Gasteiger partial charge is 0.154 e. The summed E-state index contributed by atoms with van der Waals surface area (Å²) in [7, 11) is 1.68. The summed E-state index contributed by atoms with van der Waals surface area (Å²) in [6.07, 6.45) is 9.59. The summed E-state index contributed by atoms with van der Waals surface area (Å²) in [4.78, 5) is 20.6. The molecule has 0 spiro atoms. The summed E-state index contributed by atoms with van der Waals surface area (Å²) in [5.74, 6) is 0.0417. The Balaban J connectivity index is 1.82. The number of imidazole rings is 1. The third-order valence-corrected chi connectivity index (χ3v) is 8.62. The number of methoxy groups -OCH3 is 1. The van der Waals surface area contributed by atoms with Crippen LogP contribution in [-0.4, -0.2) is 84.2 Å². The second-order valence-electron chi connectivity index (χ2n) is 9.81. The van der Waals surface area contributed by atoms with Crippen LogP contribution in [-0.2, 0) is 31.0 Å². The average Bonchev–Trinajstić information content (AvgIpc) is 3.59. The standard InChI is InChI=1S/C26H32Cl2N4O4/c1-19(33)26(32-11-8-29-9-12-32)6-5-25(34-2,23-14-35-18-36-23)15-24(26,16-31-10-7-30-17-31)21-4-3-20(27)13-22(21)28/h3-7,10,13,17,23,29H,8-9,11-12,14-16,18H2,1-2H3. The lowest BCUT2D eigenvalue weighted by Gasteiger charge is -2.60. The number of nitrogens with zero attached hydrogens (tertiary/aromatic N) is 3. The molecule has 2 fully saturated rings. The van der Waals surface area contributed by atoms with E-state index in [0.717, 1.165) is 18.7 Å². The predicted molar refractivity (Wildman–Crippen MR) is 137 cm³/mol. The van der Waals surface area contributed by atoms with E-state index in [1.54, 1.807) is 32.6 Å². The van der Waals surface area contributed by atoms with E-state index in [-0.39, 0.29) is 18.7 Å². The van der Waals surface area contributed by atoms with Crippen molar-refractivity contribution in [2.45, 2.75) is 42.5 Å². The van der Waals surface area contributed by atoms with Gasteiger partial charge < -0.3 is 24.1 Å². The summed E-state index contributed by atoms with van der Waals surface area (Å²) >= 11 is 13.3. The molecule has 4 unspecified atom stereocenters. The molecule has 1 aromatic carbocycles. The molecule has 8 nitrogen and oxygen atoms in total. The highest BCUT2D eigenvalue weighted by Crippen LogP contribution is 2.55. The number of ketones is 1. The summed E-state index contributed by atoms with van der Waals surface area (Å²) in [5, 5.41) is 4.46. The number of benzene rings is 1. The number of hydrogen-bond acceptors (Lipinski definition) is 7. The average molecular weight is 535 g/mol. The summed E-state index contributed by atoms with van der Waals surface area (Å²) in [5.41, 5.74) is -1.86. The van der Waals surface area contributed by atoms with Gasteiger partial charge in [0.05, 0.1) is 12.9 Å². The minimum Gasteiger partial charge on any atom is -0.371 e. The van der Waals surface area contributed by atoms with Gasteiger partial charge >= 0.3 is 0 Å². The molecule has 0 radical (unpaired) electrons. The van der Waals surface area contributed by atoms with Gasteiger partial charge in [0.15, 0.2) is 5.78 Å². The molecule has 2 saturated heterocycles. The number of carbonyl (C=O) groups excluding carboxylic acids is 1. The largest absolute Gasteiger partial charge is 0.371 e. The van der Waals surface area contributed by atoms with Gasteiger partial charge in [0.2, 0.25) is 0 Å². The highest BCUT2D eigenvalue weighted by molar-refractivity contribution is 6.35. The highest BCUT2D eigenvalue weighted by Gasteiger charge is 2.64. The molecule has 1 aromatic heterocycles. The number of piperazine rings is 1. The number of aromatic nitrogens is 2. The van der Waals surface area contributed by atoms with E-state index in [9.17, 15) is 4.79 Å². The van der Waals surface area contributed by atoms with Gasteiger partial charge in [-0.3, -0.25) is 9.69 Å². The zero-order valence-electron chi connectivity index (χ0n) is 20.6. The predicted octanol–water partition coefficient (Wildman–Crippen LogP) is 3.08. The molecule has 2 aromatic rings. The minimum atomic E-state index is -1.00. The molecule has 1 aliphatic carbocycles. The normalized spacial score (nSPS) is 33.2. The van der Waals surface area contributed by atoms with Crippen LogP contribution in [0.2, 0.25) is 10.0 Å². The van der Waals surface area contributed by atoms with E-state index in [1.807, 2.05) is 35.0 Å². The van der Waals surface area contributed by atoms with Crippen molar-refractivity contribution >= 4 is 29.0 Å². The highest BCUT2D eigenvalue weighted by atomic mass is 35.5. The number of hydrogen-bond donors (Lipinski definition) is 1. The number of rotatable bonds is 7. The lowest BCUT2D eigenvalue weighted by molar-refractivity contribution is -0.144. The Hall–Kier alpha value is -1.78. The Morgan fingerprint density at radius 3 is 2.69 bits per heavy atom. The van der Waals surface area contributed by atoms with E-state index in [0.29, 0.717) is 42.7 Å². The van der Waals surface area contributed by atoms with Crippen LogP contribution < -0.4 is 5.32 Å². The molecule has 3 heterocycles. The van der Waals surface area contributed by atoms with Crippen LogP contribution in [0.4, 0.5) is 0 Å². The van der Waals surface area contributed by atoms with Crippen molar-refractivity contribution in [2.75, 3.05) is 46.7 Å². The van der Waals surface area contributed by atoms with Gasteiger partial charge in [-0.05, 0) is 31.0 Å². The second-order valence-corrected chi connectivity index (χ2v) is 10.7. The number of Topliss-reactive ketones (excluding diaryl/α,β-unsaturated/α-hetero) is 1. The fraction of sp³-hybridized carbons (Fsp3) is 0.538. The number of nitrogens with one attached hydrogen (secondary N) is 1. The van der Waals surface area contributed by atoms with Crippen LogP contribution in [0.5, 0.6) is 0 Å². The van der Waals surface area contributed by atoms with Crippen LogP contribution in [0.15, 0.2) is 49.1 Å². The fourth-order valence-corrected chi connectivity index (χ4v) is 7.02. The van der Waals surface area contributed by atoms with Gasteiger partial charge in [0, 0.05) is 67.7 Å². The van der Waals surface area contributed by atoms with Gasteiger partial charge in [-0.2, -0.15) is 0 Å². The van der Waals surface area contributed by atoms with Gasteiger partial charge in [0.1, 0.15) is 24.0 Å². The molecule has 2 aliphatic heterocycles. The molecule has 194 valence electrons. The number of carbonyl (C=O) groups is 1. The van der Waals surface area contributed by atoms with E-state index in [2.05, 4.69) is 15.2 Å². The summed E-state index contributed by atoms with van der Waals surface area (Å²) < 4.78 is 19.9. The number of halogens is 2. The third-order valence-electron chi connectivity index (χ3n) is 8.07. The Morgan fingerprint density at radius 1 is 1.28 bits per heavy atom. The van der Waals surface area contributed by atoms with Crippen molar-refractivity contribution in [1.82, 2.24) is 19.8 Å². The lowest BCUT2D eigenvalue weighted by atomic mass is 9.54. The van der Waals surface area contributed by atoms with Crippen molar-refractivity contribution in [1.29, 1.82) is 0 Å². The Morgan fingerprint density at radius 2 is 2.08 bits per heavy atom. The summed E-state index contributed by atoms with van der Waals surface area (Å²) in [6, 6.07) is 5.54. The summed E-state index contributed by atoms with van der Waals surface area (Å²) in [6.45, 7) is 5.72. The van der Waals surface area contributed by atoms with E-state index in [1.165, 1.54) is 0 Å². The Labute approximate surface area is 221 Å². The molecule has 0 bridgehead atoms. The van der Waals surface area contributed by atoms with Crippen LogP contribution in [0.1, 0.15) is 18.9 Å². The van der Waals surface area contributed by atoms with Gasteiger partial charge in [0.25, 0.3) is 0 Å². The van der Waals surface area contributed by atoms with Crippen molar-refractivity contribution in [3.05, 3.63) is 64.7 Å². The van der Waals surface area contributed by atoms with Crippen LogP contribution in [0, 0.1) is 0 Å². The van der Waals surface area contributed by atoms with Crippen LogP contribution in [0.25, 0.3) is 0 Å². The van der Waals surface area contributed by atoms with Crippen molar-refractivity contribution in [3.8, 4) is 0 Å². The van der Waals surface area contributed by atoms with Crippen LogP contribution >= 0.6 is 23.2 Å². The molecular weight excluding hydrogens is 503 g/mol. The quantitative estimate of drug-likeness (QED) is 0.547. The molecular formula is C26H32Cl2N4O4. The van der Waals surface area contributed by atoms with E-state index < -0.39 is 16.6 Å². The van der Waals surface area contributed by atoms with Gasteiger partial charge in [-0.15, -0.1) is 0 Å². The molecule has 0 amide bonds. The molecule has 5 rings (SSSR count). The lowest BCUT2D eigenvalue weighted by Crippen LogP contribution is -2.73. The molecule has 0 saturated carbocycles. The Kier molecular flexibility index (Phi) is 7.31. The first-order valence-electron chi connectivity index (χ1n) is 12.2. The van der Waals surface area contributed by atoms with Crippen molar-refractivity contribution in [3.63, 3.8) is 0 Å². The SMILES string of the molecule is COC1(C2COCO2)C=CC(C(C)=O)(N2CCNCC2)C(Cn2ccnc2)(c2ccc(Cl)cc2Cl)C1. The topological polar surface area (TPSA) is 77.9 Å². The third kappa shape index (κ3) is 4.13. The molecule has 4 atom stereocenters. The zero-order valence-corrected chi connectivity index (χ0v) is 22.1. The molecule has 10 heteroatoms. The maximum atomic E-state index is 14.0. The maximum absolute atomic E-state index is 14.0. The van der Waals surface area contributed by atoms with Crippen molar-refractivity contribution in [2.24, 2.45) is 0 Å². The first-order valence-corrected chi connectivity index (χ1v) is 13.0. The first kappa shape index (κ1) is 25.9. The molecule has 1 N–H and O–H groups in total. The van der Waals surface area contributed by atoms with E-state index in [4.69, 9.17) is 37.4 Å². The minimum absolute atomic E-state index is 0.0417. The van der Waals surface area contributed by atoms with Crippen LogP contribution in [0.3, 0.4) is 0 Å². The monoisotopic (exact) mass is 534 g/mol. The fourth-order valence-electron chi connectivity index (χ4n) is 6.43. The first-order chi connectivity index (χ1) is 17.4. The van der Waals surface area contributed by atoms with E-state index >= 15 is 0 Å². The molecule has 36 heavy (non-hydrogen) atoms. The maximum Gasteiger partial charge on any atom is 0.154 e. The molecule has 3 aliphatic rings. The Bertz CT molecular complexity index is 1120. The van der Waals surface area contributed by atoms with Gasteiger partial charge in [-0.1, -0.05) is 41.4 Å². The van der Waals surface area contributed by atoms with Gasteiger partial charge in [-0.25, -0.2) is 4.98 Å².